The molecular formula is C14H22F3NO3. The van der Waals surface area contributed by atoms with Gasteiger partial charge in [0.05, 0.1) is 0 Å². The second-order valence-electron chi connectivity index (χ2n) is 7.19. The van der Waals surface area contributed by atoms with E-state index in [-0.39, 0.29) is 18.4 Å². The Hall–Kier alpha value is -1.27. The van der Waals surface area contributed by atoms with E-state index in [0.717, 1.165) is 4.90 Å². The first-order valence-corrected chi connectivity index (χ1v) is 6.84. The predicted molar refractivity (Wildman–Crippen MR) is 70.8 cm³/mol. The molecule has 1 aliphatic heterocycles. The lowest BCUT2D eigenvalue weighted by Crippen LogP contribution is -2.56. The fraction of sp³-hybridized carbons (Fsp3) is 0.857. The van der Waals surface area contributed by atoms with Crippen molar-refractivity contribution in [1.29, 1.82) is 0 Å². The lowest BCUT2D eigenvalue weighted by molar-refractivity contribution is -0.178. The van der Waals surface area contributed by atoms with Crippen LogP contribution >= 0.6 is 0 Å². The third kappa shape index (κ3) is 4.89. The number of carbonyl (C=O) groups is 2. The monoisotopic (exact) mass is 309 g/mol. The van der Waals surface area contributed by atoms with Gasteiger partial charge < -0.3 is 4.74 Å². The lowest BCUT2D eigenvalue weighted by Gasteiger charge is -2.43. The highest BCUT2D eigenvalue weighted by molar-refractivity contribution is 5.91. The molecule has 0 saturated carbocycles. The van der Waals surface area contributed by atoms with Gasteiger partial charge in [0.25, 0.3) is 5.78 Å². The van der Waals surface area contributed by atoms with Gasteiger partial charge in [0.1, 0.15) is 11.6 Å². The Bertz CT molecular complexity index is 424. The number of alkyl halides is 3. The van der Waals surface area contributed by atoms with Gasteiger partial charge in [-0.05, 0) is 39.0 Å². The summed E-state index contributed by atoms with van der Waals surface area (Å²) < 4.78 is 43.1. The Labute approximate surface area is 122 Å². The third-order valence-corrected chi connectivity index (χ3v) is 3.28. The van der Waals surface area contributed by atoms with Crippen molar-refractivity contribution in [2.45, 2.75) is 65.3 Å². The maximum absolute atomic E-state index is 12.7. The Morgan fingerprint density at radius 2 is 1.71 bits per heavy atom. The second kappa shape index (κ2) is 5.50. The first-order chi connectivity index (χ1) is 9.23. The molecule has 1 aliphatic rings. The van der Waals surface area contributed by atoms with E-state index in [1.807, 2.05) is 13.8 Å². The molecule has 1 fully saturated rings. The topological polar surface area (TPSA) is 46.6 Å². The molecule has 21 heavy (non-hydrogen) atoms. The molecule has 1 atom stereocenters. The number of hydrogen-bond acceptors (Lipinski definition) is 3. The Morgan fingerprint density at radius 1 is 1.19 bits per heavy atom. The van der Waals surface area contributed by atoms with Crippen molar-refractivity contribution >= 4 is 11.9 Å². The first-order valence-electron chi connectivity index (χ1n) is 6.84. The molecule has 122 valence electrons. The standard InChI is InChI=1S/C14H22F3NO3/c1-12(2,3)21-11(20)18-8-13(4,5)7-6-9(18)10(19)14(15,16)17/h9H,6-8H2,1-5H3. The maximum Gasteiger partial charge on any atom is 0.452 e. The van der Waals surface area contributed by atoms with Crippen LogP contribution in [0.25, 0.3) is 0 Å². The third-order valence-electron chi connectivity index (χ3n) is 3.28. The highest BCUT2D eigenvalue weighted by Gasteiger charge is 2.50. The van der Waals surface area contributed by atoms with Crippen LogP contribution in [0.5, 0.6) is 0 Å². The van der Waals surface area contributed by atoms with Crippen molar-refractivity contribution in [3.8, 4) is 0 Å². The summed E-state index contributed by atoms with van der Waals surface area (Å²) >= 11 is 0. The van der Waals surface area contributed by atoms with Crippen molar-refractivity contribution in [3.63, 3.8) is 0 Å². The van der Waals surface area contributed by atoms with Gasteiger partial charge in [-0.25, -0.2) is 4.79 Å². The van der Waals surface area contributed by atoms with Crippen molar-refractivity contribution in [2.75, 3.05) is 6.54 Å². The van der Waals surface area contributed by atoms with E-state index in [9.17, 15) is 22.8 Å². The van der Waals surface area contributed by atoms with Gasteiger partial charge in [-0.1, -0.05) is 13.8 Å². The van der Waals surface area contributed by atoms with Gasteiger partial charge >= 0.3 is 12.3 Å². The minimum Gasteiger partial charge on any atom is -0.444 e. The zero-order valence-electron chi connectivity index (χ0n) is 13.0. The molecule has 1 rings (SSSR count). The number of carbonyl (C=O) groups excluding carboxylic acids is 2. The minimum atomic E-state index is -4.95. The average molecular weight is 309 g/mol. The van der Waals surface area contributed by atoms with Crippen LogP contribution in [0, 0.1) is 5.41 Å². The zero-order valence-corrected chi connectivity index (χ0v) is 13.0. The zero-order chi connectivity index (χ0) is 16.6. The fourth-order valence-electron chi connectivity index (χ4n) is 2.31. The molecular weight excluding hydrogens is 287 g/mol. The highest BCUT2D eigenvalue weighted by atomic mass is 19.4. The van der Waals surface area contributed by atoms with Crippen LogP contribution in [0.3, 0.4) is 0 Å². The Morgan fingerprint density at radius 3 is 2.14 bits per heavy atom. The van der Waals surface area contributed by atoms with E-state index in [1.54, 1.807) is 20.8 Å². The summed E-state index contributed by atoms with van der Waals surface area (Å²) in [6.45, 7) is 8.63. The van der Waals surface area contributed by atoms with Crippen LogP contribution < -0.4 is 0 Å². The largest absolute Gasteiger partial charge is 0.452 e. The molecule has 0 spiro atoms. The lowest BCUT2D eigenvalue weighted by atomic mass is 9.80. The Kier molecular flexibility index (Phi) is 4.65. The molecule has 0 bridgehead atoms. The summed E-state index contributed by atoms with van der Waals surface area (Å²) in [5.74, 6) is -1.89. The number of hydrogen-bond donors (Lipinski definition) is 0. The van der Waals surface area contributed by atoms with Gasteiger partial charge in [0, 0.05) is 6.54 Å². The van der Waals surface area contributed by atoms with E-state index in [2.05, 4.69) is 0 Å². The number of nitrogens with zero attached hydrogens (tertiary/aromatic N) is 1. The van der Waals surface area contributed by atoms with Crippen LogP contribution in [-0.4, -0.2) is 41.1 Å². The molecule has 7 heteroatoms. The maximum atomic E-state index is 12.7. The number of Topliss-reactive ketones (excluding diaryl/α,β-unsaturated/α-hetero) is 1. The van der Waals surface area contributed by atoms with Gasteiger partial charge in [-0.15, -0.1) is 0 Å². The van der Waals surface area contributed by atoms with Crippen molar-refractivity contribution in [2.24, 2.45) is 5.41 Å². The predicted octanol–water partition coefficient (Wildman–Crippen LogP) is 3.54. The Balaban J connectivity index is 3.00. The molecule has 0 aromatic rings. The van der Waals surface area contributed by atoms with Gasteiger partial charge in [-0.3, -0.25) is 9.69 Å². The van der Waals surface area contributed by atoms with Gasteiger partial charge in [0.15, 0.2) is 0 Å². The first kappa shape index (κ1) is 17.8. The van der Waals surface area contributed by atoms with Crippen molar-refractivity contribution < 1.29 is 27.5 Å². The number of ether oxygens (including phenoxy) is 1. The van der Waals surface area contributed by atoms with Crippen LogP contribution in [0.4, 0.5) is 18.0 Å². The number of ketones is 1. The SMILES string of the molecule is CC1(C)CCC(C(=O)C(F)(F)F)N(C(=O)OC(C)(C)C)C1. The van der Waals surface area contributed by atoms with Gasteiger partial charge in [-0.2, -0.15) is 13.2 Å². The molecule has 0 N–H and O–H groups in total. The molecule has 0 aliphatic carbocycles. The van der Waals surface area contributed by atoms with Crippen molar-refractivity contribution in [1.82, 2.24) is 4.90 Å². The summed E-state index contributed by atoms with van der Waals surface area (Å²) in [5, 5.41) is 0. The summed E-state index contributed by atoms with van der Waals surface area (Å²) in [4.78, 5) is 24.6. The average Bonchev–Trinajstić information content (AvgIpc) is 2.23. The smallest absolute Gasteiger partial charge is 0.444 e. The number of amides is 1. The highest BCUT2D eigenvalue weighted by Crippen LogP contribution is 2.35. The van der Waals surface area contributed by atoms with E-state index in [0.29, 0.717) is 6.42 Å². The molecule has 0 radical (unpaired) electrons. The molecule has 0 aromatic heterocycles. The second-order valence-corrected chi connectivity index (χ2v) is 7.19. The molecule has 1 saturated heterocycles. The normalized spacial score (nSPS) is 22.9. The summed E-state index contributed by atoms with van der Waals surface area (Å²) in [7, 11) is 0. The minimum absolute atomic E-state index is 0.00934. The van der Waals surface area contributed by atoms with E-state index < -0.39 is 29.7 Å². The molecule has 1 amide bonds. The van der Waals surface area contributed by atoms with Crippen LogP contribution in [0.2, 0.25) is 0 Å². The number of likely N-dealkylation sites (tertiary alicyclic amines) is 1. The van der Waals surface area contributed by atoms with Crippen LogP contribution in [0.15, 0.2) is 0 Å². The number of halogens is 3. The number of piperidine rings is 1. The van der Waals surface area contributed by atoms with E-state index in [1.165, 1.54) is 0 Å². The summed E-state index contributed by atoms with van der Waals surface area (Å²) in [5.41, 5.74) is -1.18. The van der Waals surface area contributed by atoms with Crippen molar-refractivity contribution in [3.05, 3.63) is 0 Å². The summed E-state index contributed by atoms with van der Waals surface area (Å²) in [6, 6.07) is -1.49. The molecule has 1 heterocycles. The van der Waals surface area contributed by atoms with E-state index >= 15 is 0 Å². The molecule has 0 aromatic carbocycles. The van der Waals surface area contributed by atoms with Crippen LogP contribution in [0.1, 0.15) is 47.5 Å². The fourth-order valence-corrected chi connectivity index (χ4v) is 2.31. The molecule has 1 unspecified atom stereocenters. The quantitative estimate of drug-likeness (QED) is 0.744. The molecule has 4 nitrogen and oxygen atoms in total. The van der Waals surface area contributed by atoms with Crippen LogP contribution in [-0.2, 0) is 9.53 Å². The van der Waals surface area contributed by atoms with E-state index in [4.69, 9.17) is 4.74 Å². The number of rotatable bonds is 1. The summed E-state index contributed by atoms with van der Waals surface area (Å²) in [6.07, 6.45) is -5.40. The van der Waals surface area contributed by atoms with Gasteiger partial charge in [0.2, 0.25) is 0 Å².